The van der Waals surface area contributed by atoms with Crippen molar-refractivity contribution >= 4 is 17.2 Å². The van der Waals surface area contributed by atoms with E-state index in [-0.39, 0.29) is 11.7 Å². The van der Waals surface area contributed by atoms with E-state index in [0.717, 1.165) is 23.3 Å². The minimum atomic E-state index is -0.259. The van der Waals surface area contributed by atoms with Crippen LogP contribution < -0.4 is 5.32 Å². The second kappa shape index (κ2) is 5.98. The van der Waals surface area contributed by atoms with Crippen LogP contribution in [0.15, 0.2) is 30.3 Å². The van der Waals surface area contributed by atoms with Gasteiger partial charge >= 0.3 is 0 Å². The maximum Gasteiger partial charge on any atom is 0.261 e. The molecular weight excluding hydrogens is 285 g/mol. The summed E-state index contributed by atoms with van der Waals surface area (Å²) in [5.41, 5.74) is 2.24. The van der Waals surface area contributed by atoms with Crippen LogP contribution in [0.4, 0.5) is 4.39 Å². The van der Waals surface area contributed by atoms with Crippen molar-refractivity contribution in [2.24, 2.45) is 5.92 Å². The second-order valence-electron chi connectivity index (χ2n) is 5.72. The first kappa shape index (κ1) is 14.3. The fourth-order valence-electron chi connectivity index (χ4n) is 2.69. The van der Waals surface area contributed by atoms with Gasteiger partial charge in [-0.05, 0) is 54.5 Å². The Hall–Kier alpha value is -1.68. The first-order valence-corrected chi connectivity index (χ1v) is 8.07. The van der Waals surface area contributed by atoms with Gasteiger partial charge in [-0.25, -0.2) is 4.39 Å². The Morgan fingerprint density at radius 1 is 1.38 bits per heavy atom. The molecular formula is C17H18FNOS. The monoisotopic (exact) mass is 303 g/mol. The van der Waals surface area contributed by atoms with Gasteiger partial charge in [0.2, 0.25) is 0 Å². The number of hydrogen-bond donors (Lipinski definition) is 1. The Morgan fingerprint density at radius 2 is 2.14 bits per heavy atom. The van der Waals surface area contributed by atoms with E-state index in [9.17, 15) is 9.18 Å². The first-order valence-electron chi connectivity index (χ1n) is 7.26. The van der Waals surface area contributed by atoms with Crippen LogP contribution in [0.25, 0.3) is 0 Å². The molecule has 1 atom stereocenters. The maximum absolute atomic E-state index is 12.8. The molecule has 2 nitrogen and oxygen atoms in total. The van der Waals surface area contributed by atoms with Gasteiger partial charge in [-0.1, -0.05) is 19.1 Å². The zero-order valence-electron chi connectivity index (χ0n) is 12.0. The summed E-state index contributed by atoms with van der Waals surface area (Å²) in [5, 5.41) is 2.90. The zero-order valence-corrected chi connectivity index (χ0v) is 12.8. The predicted molar refractivity (Wildman–Crippen MR) is 83.1 cm³/mol. The predicted octanol–water partition coefficient (Wildman–Crippen LogP) is 3.94. The molecule has 0 saturated heterocycles. The van der Waals surface area contributed by atoms with E-state index in [4.69, 9.17) is 0 Å². The van der Waals surface area contributed by atoms with Crippen LogP contribution in [-0.4, -0.2) is 5.91 Å². The van der Waals surface area contributed by atoms with E-state index in [1.807, 2.05) is 6.07 Å². The number of hydrogen-bond acceptors (Lipinski definition) is 2. The summed E-state index contributed by atoms with van der Waals surface area (Å²) in [6.45, 7) is 2.69. The molecule has 0 spiro atoms. The van der Waals surface area contributed by atoms with Crippen LogP contribution in [-0.2, 0) is 19.4 Å². The molecule has 0 aliphatic heterocycles. The summed E-state index contributed by atoms with van der Waals surface area (Å²) in [6.07, 6.45) is 3.38. The Balaban J connectivity index is 1.64. The molecule has 3 rings (SSSR count). The molecule has 1 aromatic heterocycles. The third-order valence-corrected chi connectivity index (χ3v) is 5.16. The number of carbonyl (C=O) groups is 1. The topological polar surface area (TPSA) is 29.1 Å². The van der Waals surface area contributed by atoms with Gasteiger partial charge < -0.3 is 5.32 Å². The van der Waals surface area contributed by atoms with E-state index >= 15 is 0 Å². The van der Waals surface area contributed by atoms with Gasteiger partial charge in [0.25, 0.3) is 5.91 Å². The number of halogens is 1. The van der Waals surface area contributed by atoms with E-state index in [2.05, 4.69) is 12.2 Å². The molecule has 0 saturated carbocycles. The van der Waals surface area contributed by atoms with Crippen molar-refractivity contribution in [1.29, 1.82) is 0 Å². The summed E-state index contributed by atoms with van der Waals surface area (Å²) < 4.78 is 12.8. The molecule has 1 heterocycles. The van der Waals surface area contributed by atoms with Crippen molar-refractivity contribution in [3.05, 3.63) is 57.0 Å². The van der Waals surface area contributed by atoms with Crippen molar-refractivity contribution < 1.29 is 9.18 Å². The van der Waals surface area contributed by atoms with Gasteiger partial charge in [-0.3, -0.25) is 4.79 Å². The van der Waals surface area contributed by atoms with E-state index in [1.54, 1.807) is 23.5 Å². The normalized spacial score (nSPS) is 17.3. The summed E-state index contributed by atoms with van der Waals surface area (Å²) in [5.74, 6) is 0.415. The van der Waals surface area contributed by atoms with Crippen LogP contribution in [0.3, 0.4) is 0 Å². The number of thiophene rings is 1. The number of amides is 1. The Morgan fingerprint density at radius 3 is 2.90 bits per heavy atom. The average molecular weight is 303 g/mol. The first-order chi connectivity index (χ1) is 10.1. The van der Waals surface area contributed by atoms with E-state index in [0.29, 0.717) is 12.5 Å². The van der Waals surface area contributed by atoms with Gasteiger partial charge in [-0.2, -0.15) is 0 Å². The number of rotatable bonds is 3. The van der Waals surface area contributed by atoms with Crippen LogP contribution in [0.5, 0.6) is 0 Å². The van der Waals surface area contributed by atoms with Crippen LogP contribution in [0.1, 0.15) is 39.0 Å². The molecule has 1 N–H and O–H groups in total. The standard InChI is InChI=1S/C17H18FNOS/c1-11-2-7-15-13(8-11)9-16(21-15)17(20)19-10-12-3-5-14(18)6-4-12/h3-6,9,11H,2,7-8,10H2,1H3,(H,19,20)/t11-/m0/s1. The van der Waals surface area contributed by atoms with Crippen molar-refractivity contribution in [1.82, 2.24) is 5.32 Å². The molecule has 110 valence electrons. The highest BCUT2D eigenvalue weighted by molar-refractivity contribution is 7.14. The second-order valence-corrected chi connectivity index (χ2v) is 6.85. The summed E-state index contributed by atoms with van der Waals surface area (Å²) in [6, 6.07) is 8.24. The Kier molecular flexibility index (Phi) is 4.06. The highest BCUT2D eigenvalue weighted by Gasteiger charge is 2.20. The lowest BCUT2D eigenvalue weighted by Gasteiger charge is -2.16. The third kappa shape index (κ3) is 3.32. The average Bonchev–Trinajstić information content (AvgIpc) is 2.89. The maximum atomic E-state index is 12.8. The number of carbonyl (C=O) groups excluding carboxylic acids is 1. The Labute approximate surface area is 128 Å². The molecule has 0 fully saturated rings. The van der Waals surface area contributed by atoms with Crippen molar-refractivity contribution in [3.63, 3.8) is 0 Å². The highest BCUT2D eigenvalue weighted by atomic mass is 32.1. The molecule has 0 bridgehead atoms. The minimum Gasteiger partial charge on any atom is -0.347 e. The van der Waals surface area contributed by atoms with Crippen molar-refractivity contribution in [2.45, 2.75) is 32.7 Å². The van der Waals surface area contributed by atoms with Crippen LogP contribution >= 0.6 is 11.3 Å². The molecule has 21 heavy (non-hydrogen) atoms. The fraction of sp³-hybridized carbons (Fsp3) is 0.353. The zero-order chi connectivity index (χ0) is 14.8. The number of benzene rings is 1. The lowest BCUT2D eigenvalue weighted by Crippen LogP contribution is -2.21. The van der Waals surface area contributed by atoms with Gasteiger partial charge in [0, 0.05) is 11.4 Å². The highest BCUT2D eigenvalue weighted by Crippen LogP contribution is 2.32. The van der Waals surface area contributed by atoms with Gasteiger partial charge in [0.15, 0.2) is 0 Å². The largest absolute Gasteiger partial charge is 0.347 e. The smallest absolute Gasteiger partial charge is 0.261 e. The molecule has 2 aromatic rings. The fourth-order valence-corrected chi connectivity index (χ4v) is 3.81. The van der Waals surface area contributed by atoms with Crippen molar-refractivity contribution in [3.8, 4) is 0 Å². The summed E-state index contributed by atoms with van der Waals surface area (Å²) >= 11 is 1.61. The van der Waals surface area contributed by atoms with Gasteiger partial charge in [0.05, 0.1) is 4.88 Å². The molecule has 4 heteroatoms. The number of aryl methyl sites for hydroxylation is 1. The van der Waals surface area contributed by atoms with Gasteiger partial charge in [-0.15, -0.1) is 11.3 Å². The van der Waals surface area contributed by atoms with Crippen LogP contribution in [0.2, 0.25) is 0 Å². The number of nitrogens with one attached hydrogen (secondary N) is 1. The van der Waals surface area contributed by atoms with E-state index in [1.165, 1.54) is 29.0 Å². The van der Waals surface area contributed by atoms with Gasteiger partial charge in [0.1, 0.15) is 5.82 Å². The molecule has 1 aromatic carbocycles. The molecule has 1 aliphatic rings. The summed E-state index contributed by atoms with van der Waals surface area (Å²) in [4.78, 5) is 14.4. The Bertz CT molecular complexity index is 647. The lowest BCUT2D eigenvalue weighted by molar-refractivity contribution is 0.0955. The number of fused-ring (bicyclic) bond motifs is 1. The SMILES string of the molecule is C[C@H]1CCc2sc(C(=O)NCc3ccc(F)cc3)cc2C1. The quantitative estimate of drug-likeness (QED) is 0.914. The molecule has 0 unspecified atom stereocenters. The molecule has 1 amide bonds. The lowest BCUT2D eigenvalue weighted by atomic mass is 9.90. The molecule has 0 radical (unpaired) electrons. The third-order valence-electron chi connectivity index (χ3n) is 3.92. The minimum absolute atomic E-state index is 0.0358. The van der Waals surface area contributed by atoms with Crippen molar-refractivity contribution in [2.75, 3.05) is 0 Å². The summed E-state index contributed by atoms with van der Waals surface area (Å²) in [7, 11) is 0. The van der Waals surface area contributed by atoms with E-state index < -0.39 is 0 Å². The van der Waals surface area contributed by atoms with Crippen LogP contribution in [0, 0.1) is 11.7 Å². The molecule has 1 aliphatic carbocycles.